The molecule has 0 aliphatic carbocycles. The minimum Gasteiger partial charge on any atom is -0.454 e. The fraction of sp³-hybridized carbons (Fsp3) is 0.345. The second kappa shape index (κ2) is 9.68. The van der Waals surface area contributed by atoms with Gasteiger partial charge in [0.25, 0.3) is 0 Å². The molecule has 2 fully saturated rings. The van der Waals surface area contributed by atoms with Crippen LogP contribution in [0.5, 0.6) is 0 Å². The average Bonchev–Trinajstić information content (AvgIpc) is 3.70. The van der Waals surface area contributed by atoms with Gasteiger partial charge in [0.05, 0.1) is 12.2 Å². The monoisotopic (exact) mass is 523 g/mol. The number of pyridine rings is 1. The molecule has 6 heterocycles. The molecule has 10 nitrogen and oxygen atoms in total. The highest BCUT2D eigenvalue weighted by Gasteiger charge is 2.45. The number of aromatic nitrogens is 4. The van der Waals surface area contributed by atoms with Gasteiger partial charge in [-0.1, -0.05) is 12.1 Å². The number of hydrazone groups is 1. The first kappa shape index (κ1) is 23.6. The molecule has 3 aliphatic heterocycles. The van der Waals surface area contributed by atoms with Crippen LogP contribution in [-0.2, 0) is 9.47 Å². The number of benzene rings is 1. The maximum Gasteiger partial charge on any atom is 0.410 e. The lowest BCUT2D eigenvalue weighted by Crippen LogP contribution is -2.46. The molecular weight excluding hydrogens is 494 g/mol. The van der Waals surface area contributed by atoms with E-state index >= 15 is 0 Å². The molecule has 39 heavy (non-hydrogen) atoms. The van der Waals surface area contributed by atoms with Gasteiger partial charge in [0, 0.05) is 53.4 Å². The molecule has 0 radical (unpaired) electrons. The van der Waals surface area contributed by atoms with Gasteiger partial charge in [-0.2, -0.15) is 5.10 Å². The summed E-state index contributed by atoms with van der Waals surface area (Å²) in [6, 6.07) is 14.5. The molecule has 2 saturated heterocycles. The van der Waals surface area contributed by atoms with E-state index in [4.69, 9.17) is 19.6 Å². The summed E-state index contributed by atoms with van der Waals surface area (Å²) >= 11 is 0. The van der Waals surface area contributed by atoms with Crippen LogP contribution in [0.25, 0.3) is 28.0 Å². The third kappa shape index (κ3) is 4.07. The Hall–Kier alpha value is -4.47. The summed E-state index contributed by atoms with van der Waals surface area (Å²) in [5, 5.41) is 9.42. The zero-order valence-electron chi connectivity index (χ0n) is 21.7. The number of hydrogen-bond acceptors (Lipinski definition) is 8. The molecule has 0 spiro atoms. The molecular formula is C29H29N7O3. The lowest BCUT2D eigenvalue weighted by molar-refractivity contribution is 0.0685. The molecule has 10 heteroatoms. The topological polar surface area (TPSA) is 106 Å². The van der Waals surface area contributed by atoms with Crippen molar-refractivity contribution in [3.8, 4) is 22.4 Å². The van der Waals surface area contributed by atoms with E-state index in [2.05, 4.69) is 33.7 Å². The normalized spacial score (nSPS) is 21.9. The number of hydrogen-bond donors (Lipinski definition) is 1. The Morgan fingerprint density at radius 1 is 1.05 bits per heavy atom. The minimum absolute atomic E-state index is 0.184. The van der Waals surface area contributed by atoms with Crippen LogP contribution >= 0.6 is 0 Å². The van der Waals surface area contributed by atoms with E-state index in [9.17, 15) is 4.79 Å². The lowest BCUT2D eigenvalue weighted by Gasteiger charge is -2.38. The number of rotatable bonds is 5. The molecule has 198 valence electrons. The van der Waals surface area contributed by atoms with Gasteiger partial charge in [-0.15, -0.1) is 5.10 Å². The predicted octanol–water partition coefficient (Wildman–Crippen LogP) is 4.56. The van der Waals surface area contributed by atoms with E-state index in [1.807, 2.05) is 46.8 Å². The van der Waals surface area contributed by atoms with E-state index in [1.165, 1.54) is 0 Å². The lowest BCUT2D eigenvalue weighted by atomic mass is 9.88. The van der Waals surface area contributed by atoms with E-state index in [0.29, 0.717) is 19.2 Å². The SMILES string of the molecule is CCOC(=O)N1C2CCC1CC(c1ccnc3c(-c4cccc(C5=NNCO5)c4)c(-c4ccncc4)nn13)C2. The molecule has 1 aromatic carbocycles. The molecule has 2 unspecified atom stereocenters. The van der Waals surface area contributed by atoms with Crippen LogP contribution in [-0.4, -0.2) is 61.9 Å². The largest absolute Gasteiger partial charge is 0.454 e. The summed E-state index contributed by atoms with van der Waals surface area (Å²) in [4.78, 5) is 23.7. The molecule has 0 saturated carbocycles. The quantitative estimate of drug-likeness (QED) is 0.409. The van der Waals surface area contributed by atoms with Crippen molar-refractivity contribution in [3.63, 3.8) is 0 Å². The van der Waals surface area contributed by atoms with Crippen LogP contribution in [0.1, 0.15) is 49.8 Å². The molecule has 4 aromatic rings. The van der Waals surface area contributed by atoms with Crippen LogP contribution < -0.4 is 5.43 Å². The Bertz CT molecular complexity index is 1550. The zero-order valence-corrected chi connectivity index (χ0v) is 21.7. The Balaban J connectivity index is 1.33. The number of carbonyl (C=O) groups is 1. The van der Waals surface area contributed by atoms with Gasteiger partial charge >= 0.3 is 6.09 Å². The Kier molecular flexibility index (Phi) is 5.87. The highest BCUT2D eigenvalue weighted by Crippen LogP contribution is 2.44. The first-order chi connectivity index (χ1) is 19.2. The number of piperidine rings is 1. The molecule has 7 rings (SSSR count). The summed E-state index contributed by atoms with van der Waals surface area (Å²) in [6.45, 7) is 2.62. The van der Waals surface area contributed by atoms with E-state index in [0.717, 1.165) is 65.0 Å². The van der Waals surface area contributed by atoms with Crippen molar-refractivity contribution in [2.45, 2.75) is 50.6 Å². The van der Waals surface area contributed by atoms with Gasteiger partial charge in [-0.05, 0) is 68.5 Å². The van der Waals surface area contributed by atoms with Crippen molar-refractivity contribution in [1.82, 2.24) is 29.9 Å². The molecule has 3 aromatic heterocycles. The van der Waals surface area contributed by atoms with Crippen molar-refractivity contribution < 1.29 is 14.3 Å². The van der Waals surface area contributed by atoms with Gasteiger partial charge in [-0.3, -0.25) is 10.4 Å². The molecule has 1 N–H and O–H groups in total. The van der Waals surface area contributed by atoms with Crippen LogP contribution in [0.4, 0.5) is 4.79 Å². The third-order valence-electron chi connectivity index (χ3n) is 7.98. The van der Waals surface area contributed by atoms with Gasteiger partial charge in [0.1, 0.15) is 5.69 Å². The molecule has 3 aliphatic rings. The maximum atomic E-state index is 12.6. The Labute approximate surface area is 225 Å². The van der Waals surface area contributed by atoms with Crippen LogP contribution in [0.3, 0.4) is 0 Å². The first-order valence-electron chi connectivity index (χ1n) is 13.5. The fourth-order valence-corrected chi connectivity index (χ4v) is 6.36. The van der Waals surface area contributed by atoms with Crippen molar-refractivity contribution in [2.75, 3.05) is 13.3 Å². The summed E-state index contributed by atoms with van der Waals surface area (Å²) in [7, 11) is 0. The smallest absolute Gasteiger partial charge is 0.410 e. The third-order valence-corrected chi connectivity index (χ3v) is 7.98. The predicted molar refractivity (Wildman–Crippen MR) is 145 cm³/mol. The fourth-order valence-electron chi connectivity index (χ4n) is 6.36. The second-order valence-corrected chi connectivity index (χ2v) is 10.2. The van der Waals surface area contributed by atoms with Crippen LogP contribution in [0.15, 0.2) is 66.2 Å². The highest BCUT2D eigenvalue weighted by molar-refractivity contribution is 5.98. The number of nitrogens with zero attached hydrogens (tertiary/aromatic N) is 6. The summed E-state index contributed by atoms with van der Waals surface area (Å²) in [6.07, 6.45) is 9.04. The first-order valence-corrected chi connectivity index (χ1v) is 13.5. The van der Waals surface area contributed by atoms with E-state index in [-0.39, 0.29) is 24.1 Å². The number of fused-ring (bicyclic) bond motifs is 3. The van der Waals surface area contributed by atoms with Crippen LogP contribution in [0, 0.1) is 0 Å². The zero-order chi connectivity index (χ0) is 26.3. The van der Waals surface area contributed by atoms with Crippen molar-refractivity contribution in [2.24, 2.45) is 5.10 Å². The molecule has 2 atom stereocenters. The number of carbonyl (C=O) groups excluding carboxylic acids is 1. The second-order valence-electron chi connectivity index (χ2n) is 10.2. The minimum atomic E-state index is -0.185. The van der Waals surface area contributed by atoms with Crippen molar-refractivity contribution >= 4 is 17.6 Å². The summed E-state index contributed by atoms with van der Waals surface area (Å²) < 4.78 is 13.0. The number of nitrogens with one attached hydrogen (secondary N) is 1. The van der Waals surface area contributed by atoms with Gasteiger partial charge < -0.3 is 14.4 Å². The van der Waals surface area contributed by atoms with Gasteiger partial charge in [0.15, 0.2) is 12.4 Å². The van der Waals surface area contributed by atoms with Crippen molar-refractivity contribution in [3.05, 3.63) is 72.3 Å². The number of ether oxygens (including phenoxy) is 2. The Morgan fingerprint density at radius 2 is 1.85 bits per heavy atom. The summed E-state index contributed by atoms with van der Waals surface area (Å²) in [5.41, 5.74) is 9.40. The van der Waals surface area contributed by atoms with Gasteiger partial charge in [-0.25, -0.2) is 14.3 Å². The van der Waals surface area contributed by atoms with E-state index < -0.39 is 0 Å². The average molecular weight is 524 g/mol. The highest BCUT2D eigenvalue weighted by atomic mass is 16.6. The maximum absolute atomic E-state index is 12.6. The van der Waals surface area contributed by atoms with Gasteiger partial charge in [0.2, 0.25) is 5.90 Å². The Morgan fingerprint density at radius 3 is 2.59 bits per heavy atom. The standard InChI is InChI=1S/C29H29N7O3/c1-2-38-29(37)35-22-6-7-23(35)16-21(15-22)24-10-13-31-27-25(26(34-36(24)27)18-8-11-30-12-9-18)19-4-3-5-20(14-19)28-33-32-17-39-28/h3-5,8-14,21-23,32H,2,6-7,15-17H2,1H3. The van der Waals surface area contributed by atoms with E-state index in [1.54, 1.807) is 12.4 Å². The summed E-state index contributed by atoms with van der Waals surface area (Å²) in [5.74, 6) is 0.826. The molecule has 2 bridgehead atoms. The number of amides is 1. The molecule has 1 amide bonds. The van der Waals surface area contributed by atoms with Crippen LogP contribution in [0.2, 0.25) is 0 Å². The van der Waals surface area contributed by atoms with Crippen molar-refractivity contribution in [1.29, 1.82) is 0 Å².